The Labute approximate surface area is 163 Å². The molecule has 3 aliphatic rings. The van der Waals surface area contributed by atoms with Crippen LogP contribution in [0.25, 0.3) is 10.2 Å². The maximum Gasteiger partial charge on any atom is 0.190 e. The largest absolute Gasteiger partial charge is 0.520 e. The van der Waals surface area contributed by atoms with Gasteiger partial charge in [0.15, 0.2) is 18.2 Å². The van der Waals surface area contributed by atoms with Crippen molar-refractivity contribution in [2.75, 3.05) is 38.6 Å². The number of nitrogens with zero attached hydrogens (tertiary/aromatic N) is 2. The first kappa shape index (κ1) is 18.0. The molecule has 1 atom stereocenters. The van der Waals surface area contributed by atoms with Crippen molar-refractivity contribution in [2.24, 2.45) is 5.92 Å². The van der Waals surface area contributed by atoms with Gasteiger partial charge in [0.05, 0.1) is 30.4 Å². The van der Waals surface area contributed by atoms with Gasteiger partial charge in [0.25, 0.3) is 0 Å². The van der Waals surface area contributed by atoms with Crippen LogP contribution in [0.3, 0.4) is 0 Å². The molecule has 6 nitrogen and oxygen atoms in total. The molecule has 0 spiro atoms. The Hall–Kier alpha value is -1.42. The number of aliphatic hydroxyl groups is 1. The molecular weight excluding hydrogens is 367 g/mol. The maximum atomic E-state index is 11.2. The Morgan fingerprint density at radius 3 is 2.96 bits per heavy atom. The number of hydrogen-bond donors (Lipinski definition) is 3. The average molecular weight is 392 g/mol. The van der Waals surface area contributed by atoms with Crippen molar-refractivity contribution in [1.29, 1.82) is 0 Å². The van der Waals surface area contributed by atoms with Crippen molar-refractivity contribution in [3.8, 4) is 5.75 Å². The predicted octanol–water partition coefficient (Wildman–Crippen LogP) is 0.843. The molecule has 4 heterocycles. The van der Waals surface area contributed by atoms with Gasteiger partial charge in [-0.05, 0) is 43.3 Å². The molecule has 3 saturated heterocycles. The van der Waals surface area contributed by atoms with Crippen LogP contribution < -0.4 is 15.4 Å². The molecule has 1 unspecified atom stereocenters. The van der Waals surface area contributed by atoms with Crippen molar-refractivity contribution in [2.45, 2.75) is 18.4 Å². The first-order valence-electron chi connectivity index (χ1n) is 8.50. The van der Waals surface area contributed by atoms with Crippen LogP contribution in [0.4, 0.5) is 5.13 Å². The van der Waals surface area contributed by atoms with Gasteiger partial charge in [-0.1, -0.05) is 11.3 Å². The van der Waals surface area contributed by atoms with Crippen LogP contribution in [0, 0.1) is 5.92 Å². The summed E-state index contributed by atoms with van der Waals surface area (Å²) in [5.41, 5.74) is 0.300. The molecular formula is C17H25BN4O2S2. The SMILES string of the molecule is [BH3-][N+]12CCC(CC1)C(O)(CNC(=S)Nc1nc3ccc(OC)cc3s1)C2. The maximum absolute atomic E-state index is 11.2. The van der Waals surface area contributed by atoms with Gasteiger partial charge in [0, 0.05) is 19.0 Å². The van der Waals surface area contributed by atoms with Crippen molar-refractivity contribution in [3.05, 3.63) is 18.2 Å². The highest BCUT2D eigenvalue weighted by atomic mass is 32.1. The van der Waals surface area contributed by atoms with E-state index >= 15 is 0 Å². The Bertz CT molecular complexity index is 837. The first-order valence-corrected chi connectivity index (χ1v) is 9.72. The van der Waals surface area contributed by atoms with Crippen LogP contribution in [0.1, 0.15) is 12.8 Å². The molecule has 9 heteroatoms. The zero-order chi connectivity index (χ0) is 18.4. The number of quaternary nitrogens is 1. The summed E-state index contributed by atoms with van der Waals surface area (Å²) in [6.45, 7) is 4.00. The van der Waals surface area contributed by atoms with Crippen LogP contribution in [0.5, 0.6) is 5.75 Å². The summed E-state index contributed by atoms with van der Waals surface area (Å²) in [7, 11) is 1.85. The number of ether oxygens (including phenoxy) is 1. The number of benzene rings is 1. The van der Waals surface area contributed by atoms with Crippen molar-refractivity contribution in [3.63, 3.8) is 0 Å². The minimum Gasteiger partial charge on any atom is -0.520 e. The Balaban J connectivity index is 1.38. The van der Waals surface area contributed by atoms with Crippen LogP contribution in [-0.2, 0) is 0 Å². The molecule has 5 rings (SSSR count). The molecule has 0 aliphatic carbocycles. The van der Waals surface area contributed by atoms with E-state index in [-0.39, 0.29) is 7.98 Å². The minimum atomic E-state index is -0.620. The lowest BCUT2D eigenvalue weighted by Crippen LogP contribution is -2.70. The second kappa shape index (κ2) is 6.63. The molecule has 3 aliphatic heterocycles. The lowest BCUT2D eigenvalue weighted by atomic mass is 9.72. The third-order valence-electron chi connectivity index (χ3n) is 5.22. The molecule has 0 saturated carbocycles. The summed E-state index contributed by atoms with van der Waals surface area (Å²) < 4.78 is 7.53. The highest BCUT2D eigenvalue weighted by Gasteiger charge is 2.49. The number of rotatable bonds is 4. The summed E-state index contributed by atoms with van der Waals surface area (Å²) in [5.74, 6) is 1.23. The van der Waals surface area contributed by atoms with E-state index in [1.807, 2.05) is 18.2 Å². The van der Waals surface area contributed by atoms with Gasteiger partial charge in [-0.15, -0.1) is 0 Å². The third-order valence-corrected chi connectivity index (χ3v) is 6.40. The summed E-state index contributed by atoms with van der Waals surface area (Å²) in [5, 5.41) is 18.8. The average Bonchev–Trinajstić information content (AvgIpc) is 3.01. The number of nitrogens with one attached hydrogen (secondary N) is 2. The number of aromatic nitrogens is 1. The fourth-order valence-corrected chi connectivity index (χ4v) is 4.94. The van der Waals surface area contributed by atoms with Crippen molar-refractivity contribution < 1.29 is 14.2 Å². The number of methoxy groups -OCH3 is 1. The van der Waals surface area contributed by atoms with Crippen LogP contribution in [0.2, 0.25) is 0 Å². The molecule has 26 heavy (non-hydrogen) atoms. The summed E-state index contributed by atoms with van der Waals surface area (Å²) in [6, 6.07) is 5.82. The zero-order valence-corrected chi connectivity index (χ0v) is 15.8. The van der Waals surface area contributed by atoms with E-state index in [2.05, 4.69) is 15.6 Å². The van der Waals surface area contributed by atoms with E-state index in [0.717, 1.165) is 40.5 Å². The third kappa shape index (κ3) is 3.41. The molecule has 0 amide bonds. The topological polar surface area (TPSA) is 66.4 Å². The summed E-state index contributed by atoms with van der Waals surface area (Å²) >= 11 is 6.98. The Morgan fingerprint density at radius 2 is 2.27 bits per heavy atom. The molecule has 0 radical (unpaired) electrons. The quantitative estimate of drug-likeness (QED) is 0.530. The predicted molar refractivity (Wildman–Crippen MR) is 113 cm³/mol. The van der Waals surface area contributed by atoms with Gasteiger partial charge in [-0.3, -0.25) is 0 Å². The lowest BCUT2D eigenvalue weighted by molar-refractivity contribution is -0.846. The summed E-state index contributed by atoms with van der Waals surface area (Å²) in [6.07, 6.45) is 2.31. The zero-order valence-electron chi connectivity index (χ0n) is 14.1. The number of hydrogen-bond acceptors (Lipinski definition) is 5. The smallest absolute Gasteiger partial charge is 0.190 e. The monoisotopic (exact) mass is 392 g/mol. The standard InChI is InChI=1S/C17H25BN4O2S2/c1-24-12-2-3-13-14(8-12)26-16(20-13)21-15(25)19-9-17(23)10-22(18)6-4-11(17)5-7-22/h2-3,8,11,23H,4-7,9-10H2,1,18H3,(H2,19,20,21,25). The van der Waals surface area contributed by atoms with E-state index in [4.69, 9.17) is 17.0 Å². The number of fused-ring (bicyclic) bond motifs is 4. The minimum absolute atomic E-state index is 0.188. The molecule has 140 valence electrons. The summed E-state index contributed by atoms with van der Waals surface area (Å²) in [4.78, 5) is 4.56. The highest BCUT2D eigenvalue weighted by Crippen LogP contribution is 2.38. The van der Waals surface area contributed by atoms with Gasteiger partial charge < -0.3 is 24.9 Å². The van der Waals surface area contributed by atoms with E-state index < -0.39 is 5.60 Å². The molecule has 3 N–H and O–H groups in total. The molecule has 1 aromatic heterocycles. The van der Waals surface area contributed by atoms with E-state index in [1.165, 1.54) is 17.5 Å². The number of thiocarbonyl (C=S) groups is 1. The van der Waals surface area contributed by atoms with Crippen LogP contribution >= 0.6 is 23.6 Å². The van der Waals surface area contributed by atoms with Crippen molar-refractivity contribution in [1.82, 2.24) is 10.3 Å². The Morgan fingerprint density at radius 1 is 1.50 bits per heavy atom. The molecule has 1 aromatic carbocycles. The van der Waals surface area contributed by atoms with E-state index in [9.17, 15) is 5.11 Å². The number of anilines is 1. The van der Waals surface area contributed by atoms with Gasteiger partial charge in [-0.2, -0.15) is 0 Å². The van der Waals surface area contributed by atoms with Gasteiger partial charge in [-0.25, -0.2) is 4.98 Å². The van der Waals surface area contributed by atoms with E-state index in [0.29, 0.717) is 17.6 Å². The van der Waals surface area contributed by atoms with Crippen molar-refractivity contribution >= 4 is 52.0 Å². The van der Waals surface area contributed by atoms with E-state index in [1.54, 1.807) is 18.4 Å². The molecule has 2 bridgehead atoms. The van der Waals surface area contributed by atoms with Crippen LogP contribution in [-0.4, -0.2) is 66.5 Å². The number of thiazole rings is 1. The molecule has 3 fully saturated rings. The van der Waals surface area contributed by atoms with Gasteiger partial charge in [0.2, 0.25) is 0 Å². The Kier molecular flexibility index (Phi) is 4.59. The lowest BCUT2D eigenvalue weighted by Gasteiger charge is -2.60. The highest BCUT2D eigenvalue weighted by molar-refractivity contribution is 7.80. The van der Waals surface area contributed by atoms with Gasteiger partial charge >= 0.3 is 0 Å². The second-order valence-corrected chi connectivity index (χ2v) is 8.25. The second-order valence-electron chi connectivity index (χ2n) is 6.81. The fraction of sp³-hybridized carbons (Fsp3) is 0.529. The number of piperidine rings is 3. The normalized spacial score (nSPS) is 30.3. The van der Waals surface area contributed by atoms with Crippen LogP contribution in [0.15, 0.2) is 18.2 Å². The van der Waals surface area contributed by atoms with Gasteiger partial charge in [0.1, 0.15) is 11.4 Å². The first-order chi connectivity index (χ1) is 12.4. The molecule has 2 aromatic rings. The fourth-order valence-electron chi connectivity index (χ4n) is 3.81.